The predicted octanol–water partition coefficient (Wildman–Crippen LogP) is 2.16. The minimum atomic E-state index is -1.24. The lowest BCUT2D eigenvalue weighted by molar-refractivity contribution is -0.142. The number of carbonyl (C=O) groups excluding carboxylic acids is 2. The van der Waals surface area contributed by atoms with Crippen LogP contribution in [0.5, 0.6) is 0 Å². The van der Waals surface area contributed by atoms with E-state index in [1.807, 2.05) is 0 Å². The largest absolute Gasteiger partial charge is 0.481 e. The van der Waals surface area contributed by atoms with Gasteiger partial charge in [-0.2, -0.15) is 0 Å². The first-order chi connectivity index (χ1) is 12.3. The van der Waals surface area contributed by atoms with Crippen LogP contribution in [0, 0.1) is 0 Å². The van der Waals surface area contributed by atoms with Crippen LogP contribution in [0.25, 0.3) is 0 Å². The highest BCUT2D eigenvalue weighted by Crippen LogP contribution is 2.23. The summed E-state index contributed by atoms with van der Waals surface area (Å²) >= 11 is 0. The summed E-state index contributed by atoms with van der Waals surface area (Å²) in [7, 11) is 3.30. The number of hydrogen-bond acceptors (Lipinski definition) is 3. The summed E-state index contributed by atoms with van der Waals surface area (Å²) in [5, 5.41) is 12.3. The van der Waals surface area contributed by atoms with Crippen molar-refractivity contribution in [2.24, 2.45) is 0 Å². The minimum absolute atomic E-state index is 0.0520. The Labute approximate surface area is 152 Å². The van der Waals surface area contributed by atoms with E-state index in [4.69, 9.17) is 0 Å². The van der Waals surface area contributed by atoms with Gasteiger partial charge in [-0.1, -0.05) is 30.3 Å². The molecule has 0 aliphatic rings. The van der Waals surface area contributed by atoms with E-state index in [1.165, 1.54) is 4.90 Å². The number of carbonyl (C=O) groups is 3. The number of aliphatic carboxylic acids is 1. The highest BCUT2D eigenvalue weighted by molar-refractivity contribution is 5.98. The first-order valence-corrected chi connectivity index (χ1v) is 8.14. The summed E-state index contributed by atoms with van der Waals surface area (Å²) < 4.78 is 0. The van der Waals surface area contributed by atoms with E-state index in [1.54, 1.807) is 75.6 Å². The second kappa shape index (κ2) is 7.82. The van der Waals surface area contributed by atoms with Crippen molar-refractivity contribution in [2.45, 2.75) is 12.3 Å². The molecule has 136 valence electrons. The Morgan fingerprint density at radius 1 is 0.962 bits per heavy atom. The Morgan fingerprint density at radius 3 is 2.00 bits per heavy atom. The second-order valence-electron chi connectivity index (χ2n) is 6.46. The minimum Gasteiger partial charge on any atom is -0.481 e. The van der Waals surface area contributed by atoms with Gasteiger partial charge in [-0.3, -0.25) is 14.4 Å². The number of carboxylic acid groups (broad SMARTS) is 1. The van der Waals surface area contributed by atoms with E-state index >= 15 is 0 Å². The van der Waals surface area contributed by atoms with Gasteiger partial charge in [0.15, 0.2) is 0 Å². The van der Waals surface area contributed by atoms with Gasteiger partial charge in [-0.05, 0) is 36.8 Å². The van der Waals surface area contributed by atoms with Crippen LogP contribution in [-0.4, -0.2) is 48.4 Å². The number of rotatable bonds is 6. The molecule has 0 aliphatic carbocycles. The lowest BCUT2D eigenvalue weighted by atomic mass is 9.82. The third-order valence-corrected chi connectivity index (χ3v) is 4.29. The number of nitrogens with zero attached hydrogens (tertiary/aromatic N) is 1. The number of hydrogen-bond donors (Lipinski definition) is 2. The van der Waals surface area contributed by atoms with Crippen molar-refractivity contribution >= 4 is 17.8 Å². The zero-order valence-electron chi connectivity index (χ0n) is 15.0. The molecule has 1 atom stereocenters. The number of carboxylic acids is 1. The fourth-order valence-electron chi connectivity index (χ4n) is 2.49. The van der Waals surface area contributed by atoms with Gasteiger partial charge in [-0.25, -0.2) is 0 Å². The van der Waals surface area contributed by atoms with Gasteiger partial charge >= 0.3 is 5.97 Å². The van der Waals surface area contributed by atoms with E-state index < -0.39 is 17.3 Å². The Kier molecular flexibility index (Phi) is 5.77. The van der Waals surface area contributed by atoms with Gasteiger partial charge < -0.3 is 15.3 Å². The molecule has 0 saturated carbocycles. The molecular formula is C20H22N2O4. The van der Waals surface area contributed by atoms with Gasteiger partial charge in [-0.15, -0.1) is 0 Å². The lowest BCUT2D eigenvalue weighted by Crippen LogP contribution is -2.44. The van der Waals surface area contributed by atoms with Crippen molar-refractivity contribution in [1.82, 2.24) is 10.2 Å². The molecular weight excluding hydrogens is 332 g/mol. The first kappa shape index (κ1) is 19.2. The average molecular weight is 354 g/mol. The molecule has 2 amide bonds. The summed E-state index contributed by atoms with van der Waals surface area (Å²) in [5.74, 6) is -1.56. The Morgan fingerprint density at radius 2 is 1.50 bits per heavy atom. The highest BCUT2D eigenvalue weighted by atomic mass is 16.4. The third kappa shape index (κ3) is 4.08. The van der Waals surface area contributed by atoms with E-state index in [2.05, 4.69) is 5.32 Å². The molecule has 1 unspecified atom stereocenters. The summed E-state index contributed by atoms with van der Waals surface area (Å²) in [5.41, 5.74) is 0.213. The van der Waals surface area contributed by atoms with E-state index in [-0.39, 0.29) is 12.5 Å². The standard InChI is InChI=1S/C20H22N2O4/c1-20(19(25)26,16-7-5-4-6-8-16)13-21-17(23)14-9-11-15(12-10-14)18(24)22(2)3/h4-12H,13H2,1-3H3,(H,21,23)(H,25,26). The number of benzene rings is 2. The van der Waals surface area contributed by atoms with Crippen LogP contribution in [0.2, 0.25) is 0 Å². The lowest BCUT2D eigenvalue weighted by Gasteiger charge is -2.25. The van der Waals surface area contributed by atoms with Gasteiger partial charge in [0.25, 0.3) is 11.8 Å². The molecule has 2 N–H and O–H groups in total. The van der Waals surface area contributed by atoms with Crippen molar-refractivity contribution in [2.75, 3.05) is 20.6 Å². The summed E-state index contributed by atoms with van der Waals surface area (Å²) in [4.78, 5) is 37.4. The van der Waals surface area contributed by atoms with Gasteiger partial charge in [0.2, 0.25) is 0 Å². The fourth-order valence-corrected chi connectivity index (χ4v) is 2.49. The Hall–Kier alpha value is -3.15. The summed E-state index contributed by atoms with van der Waals surface area (Å²) in [6.45, 7) is 1.52. The zero-order valence-corrected chi connectivity index (χ0v) is 15.0. The smallest absolute Gasteiger partial charge is 0.315 e. The van der Waals surface area contributed by atoms with Crippen molar-refractivity contribution in [3.8, 4) is 0 Å². The topological polar surface area (TPSA) is 86.7 Å². The molecule has 2 rings (SSSR count). The van der Waals surface area contributed by atoms with E-state index in [0.717, 1.165) is 0 Å². The molecule has 26 heavy (non-hydrogen) atoms. The normalized spacial score (nSPS) is 12.7. The maximum absolute atomic E-state index is 12.4. The van der Waals surface area contributed by atoms with E-state index in [9.17, 15) is 19.5 Å². The molecule has 0 fully saturated rings. The van der Waals surface area contributed by atoms with Gasteiger partial charge in [0.1, 0.15) is 5.41 Å². The van der Waals surface area contributed by atoms with Gasteiger partial charge in [0, 0.05) is 31.8 Å². The van der Waals surface area contributed by atoms with Gasteiger partial charge in [0.05, 0.1) is 0 Å². The molecule has 0 saturated heterocycles. The van der Waals surface area contributed by atoms with Crippen molar-refractivity contribution in [1.29, 1.82) is 0 Å². The molecule has 0 radical (unpaired) electrons. The molecule has 6 nitrogen and oxygen atoms in total. The molecule has 0 bridgehead atoms. The van der Waals surface area contributed by atoms with Crippen LogP contribution in [0.1, 0.15) is 33.2 Å². The average Bonchev–Trinajstić information content (AvgIpc) is 2.65. The quantitative estimate of drug-likeness (QED) is 0.832. The highest BCUT2D eigenvalue weighted by Gasteiger charge is 2.35. The SMILES string of the molecule is CN(C)C(=O)c1ccc(C(=O)NCC(C)(C(=O)O)c2ccccc2)cc1. The third-order valence-electron chi connectivity index (χ3n) is 4.29. The predicted molar refractivity (Wildman–Crippen MR) is 98.2 cm³/mol. The van der Waals surface area contributed by atoms with Crippen LogP contribution < -0.4 is 5.32 Å². The number of amides is 2. The molecule has 2 aromatic carbocycles. The maximum atomic E-state index is 12.4. The van der Waals surface area contributed by atoms with Crippen molar-refractivity contribution in [3.05, 3.63) is 71.3 Å². The Bertz CT molecular complexity index is 800. The summed E-state index contributed by atoms with van der Waals surface area (Å²) in [6, 6.07) is 15.0. The molecule has 0 heterocycles. The Balaban J connectivity index is 2.11. The van der Waals surface area contributed by atoms with Crippen molar-refractivity contribution in [3.63, 3.8) is 0 Å². The van der Waals surface area contributed by atoms with Crippen molar-refractivity contribution < 1.29 is 19.5 Å². The second-order valence-corrected chi connectivity index (χ2v) is 6.46. The zero-order chi connectivity index (χ0) is 19.3. The molecule has 0 spiro atoms. The van der Waals surface area contributed by atoms with Crippen LogP contribution in [-0.2, 0) is 10.2 Å². The molecule has 2 aromatic rings. The van der Waals surface area contributed by atoms with Crippen LogP contribution >= 0.6 is 0 Å². The monoisotopic (exact) mass is 354 g/mol. The summed E-state index contributed by atoms with van der Waals surface area (Å²) in [6.07, 6.45) is 0. The number of nitrogens with one attached hydrogen (secondary N) is 1. The van der Waals surface area contributed by atoms with E-state index in [0.29, 0.717) is 16.7 Å². The van der Waals surface area contributed by atoms with Crippen LogP contribution in [0.15, 0.2) is 54.6 Å². The van der Waals surface area contributed by atoms with Crippen LogP contribution in [0.3, 0.4) is 0 Å². The maximum Gasteiger partial charge on any atom is 0.315 e. The first-order valence-electron chi connectivity index (χ1n) is 8.14. The molecule has 0 aliphatic heterocycles. The molecule has 6 heteroatoms. The van der Waals surface area contributed by atoms with Crippen LogP contribution in [0.4, 0.5) is 0 Å². The molecule has 0 aromatic heterocycles. The fraction of sp³-hybridized carbons (Fsp3) is 0.250.